The van der Waals surface area contributed by atoms with E-state index in [0.29, 0.717) is 12.0 Å². The van der Waals surface area contributed by atoms with E-state index in [1.54, 1.807) is 0 Å². The van der Waals surface area contributed by atoms with E-state index in [1.165, 1.54) is 12.8 Å². The lowest BCUT2D eigenvalue weighted by Crippen LogP contribution is -2.42. The van der Waals surface area contributed by atoms with Crippen LogP contribution in [0.4, 0.5) is 0 Å². The van der Waals surface area contributed by atoms with Crippen LogP contribution in [0.5, 0.6) is 0 Å². The van der Waals surface area contributed by atoms with Crippen LogP contribution in [-0.4, -0.2) is 46.0 Å². The third-order valence-electron chi connectivity index (χ3n) is 4.49. The van der Waals surface area contributed by atoms with Crippen molar-refractivity contribution in [3.05, 3.63) is 0 Å². The maximum Gasteiger partial charge on any atom is 0.211 e. The standard InChI is InChI=1S/C14H28N2O3S/c1-12(13-5-9-19-10-6-13)16-20(17,18)11-7-14-4-2-3-8-15-14/h12-16H,2-11H2,1H3. The Labute approximate surface area is 122 Å². The second kappa shape index (κ2) is 7.73. The Morgan fingerprint density at radius 1 is 1.25 bits per heavy atom. The molecule has 0 saturated carbocycles. The maximum absolute atomic E-state index is 12.2. The molecule has 2 heterocycles. The number of hydrogen-bond acceptors (Lipinski definition) is 4. The lowest BCUT2D eigenvalue weighted by Gasteiger charge is -2.28. The monoisotopic (exact) mass is 304 g/mol. The maximum atomic E-state index is 12.2. The Hall–Kier alpha value is -0.170. The second-order valence-electron chi connectivity index (χ2n) is 6.11. The van der Waals surface area contributed by atoms with E-state index in [0.717, 1.165) is 45.4 Å². The summed E-state index contributed by atoms with van der Waals surface area (Å²) in [7, 11) is -3.16. The molecule has 2 fully saturated rings. The van der Waals surface area contributed by atoms with Gasteiger partial charge in [0.1, 0.15) is 0 Å². The van der Waals surface area contributed by atoms with Crippen molar-refractivity contribution >= 4 is 10.0 Å². The molecule has 5 nitrogen and oxygen atoms in total. The van der Waals surface area contributed by atoms with Crippen LogP contribution in [0, 0.1) is 5.92 Å². The summed E-state index contributed by atoms with van der Waals surface area (Å²) in [6, 6.07) is 0.391. The van der Waals surface area contributed by atoms with Crippen molar-refractivity contribution in [2.24, 2.45) is 5.92 Å². The summed E-state index contributed by atoms with van der Waals surface area (Å²) in [6.07, 6.45) is 6.15. The van der Waals surface area contributed by atoms with Crippen molar-refractivity contribution < 1.29 is 13.2 Å². The molecule has 0 aromatic heterocycles. The van der Waals surface area contributed by atoms with Gasteiger partial charge in [0.15, 0.2) is 0 Å². The highest BCUT2D eigenvalue weighted by Gasteiger charge is 2.25. The van der Waals surface area contributed by atoms with Gasteiger partial charge in [-0.15, -0.1) is 0 Å². The highest BCUT2D eigenvalue weighted by Crippen LogP contribution is 2.19. The number of rotatable bonds is 6. The smallest absolute Gasteiger partial charge is 0.211 e. The second-order valence-corrected chi connectivity index (χ2v) is 7.98. The predicted molar refractivity (Wildman–Crippen MR) is 80.2 cm³/mol. The lowest BCUT2D eigenvalue weighted by atomic mass is 9.94. The normalized spacial score (nSPS) is 27.4. The van der Waals surface area contributed by atoms with Gasteiger partial charge in [0, 0.05) is 25.3 Å². The molecular formula is C14H28N2O3S. The van der Waals surface area contributed by atoms with E-state index < -0.39 is 10.0 Å². The Morgan fingerprint density at radius 2 is 2.00 bits per heavy atom. The first-order valence-electron chi connectivity index (χ1n) is 7.88. The van der Waals surface area contributed by atoms with Crippen molar-refractivity contribution in [1.82, 2.24) is 10.0 Å². The quantitative estimate of drug-likeness (QED) is 0.775. The Balaban J connectivity index is 1.74. The minimum atomic E-state index is -3.16. The minimum Gasteiger partial charge on any atom is -0.381 e. The largest absolute Gasteiger partial charge is 0.381 e. The fourth-order valence-electron chi connectivity index (χ4n) is 3.12. The Bertz CT molecular complexity index is 374. The zero-order valence-corrected chi connectivity index (χ0v) is 13.3. The van der Waals surface area contributed by atoms with Gasteiger partial charge < -0.3 is 10.1 Å². The summed E-state index contributed by atoms with van der Waals surface area (Å²) in [4.78, 5) is 0. The Morgan fingerprint density at radius 3 is 2.65 bits per heavy atom. The van der Waals surface area contributed by atoms with Crippen molar-refractivity contribution in [3.63, 3.8) is 0 Å². The summed E-state index contributed by atoms with van der Waals surface area (Å²) in [5.74, 6) is 0.643. The number of piperidine rings is 1. The number of ether oxygens (including phenoxy) is 1. The van der Waals surface area contributed by atoms with Gasteiger partial charge in [0.05, 0.1) is 5.75 Å². The van der Waals surface area contributed by atoms with Crippen molar-refractivity contribution in [3.8, 4) is 0 Å². The van der Waals surface area contributed by atoms with Crippen LogP contribution >= 0.6 is 0 Å². The zero-order valence-electron chi connectivity index (χ0n) is 12.4. The molecule has 2 unspecified atom stereocenters. The van der Waals surface area contributed by atoms with E-state index in [9.17, 15) is 8.42 Å². The summed E-state index contributed by atoms with van der Waals surface area (Å²) >= 11 is 0. The fraction of sp³-hybridized carbons (Fsp3) is 1.00. The molecule has 0 aromatic carbocycles. The third-order valence-corrected chi connectivity index (χ3v) is 5.99. The molecule has 118 valence electrons. The number of hydrogen-bond donors (Lipinski definition) is 2. The van der Waals surface area contributed by atoms with Crippen molar-refractivity contribution in [1.29, 1.82) is 0 Å². The molecule has 2 rings (SSSR count). The van der Waals surface area contributed by atoms with E-state index >= 15 is 0 Å². The first-order chi connectivity index (χ1) is 9.57. The molecule has 0 radical (unpaired) electrons. The topological polar surface area (TPSA) is 67.4 Å². The van der Waals surface area contributed by atoms with Gasteiger partial charge in [-0.3, -0.25) is 0 Å². The van der Waals surface area contributed by atoms with Crippen LogP contribution in [0.1, 0.15) is 45.4 Å². The molecule has 2 aliphatic rings. The third kappa shape index (κ3) is 5.31. The molecular weight excluding hydrogens is 276 g/mol. The molecule has 6 heteroatoms. The zero-order chi connectivity index (χ0) is 14.4. The average Bonchev–Trinajstić information content (AvgIpc) is 2.47. The SMILES string of the molecule is CC(NS(=O)(=O)CCC1CCCCN1)C1CCOCC1. The molecule has 0 aromatic rings. The van der Waals surface area contributed by atoms with E-state index in [1.807, 2.05) is 6.92 Å². The van der Waals surface area contributed by atoms with Gasteiger partial charge in [0.25, 0.3) is 0 Å². The van der Waals surface area contributed by atoms with Crippen LogP contribution in [0.3, 0.4) is 0 Å². The molecule has 0 amide bonds. The molecule has 2 aliphatic heterocycles. The molecule has 20 heavy (non-hydrogen) atoms. The van der Waals surface area contributed by atoms with Crippen LogP contribution < -0.4 is 10.0 Å². The highest BCUT2D eigenvalue weighted by atomic mass is 32.2. The van der Waals surface area contributed by atoms with Gasteiger partial charge in [-0.05, 0) is 51.5 Å². The van der Waals surface area contributed by atoms with Gasteiger partial charge in [-0.2, -0.15) is 0 Å². The van der Waals surface area contributed by atoms with Gasteiger partial charge in [0.2, 0.25) is 10.0 Å². The fourth-order valence-corrected chi connectivity index (χ4v) is 4.59. The van der Waals surface area contributed by atoms with Crippen LogP contribution in [0.2, 0.25) is 0 Å². The minimum absolute atomic E-state index is 0.0169. The number of nitrogens with one attached hydrogen (secondary N) is 2. The van der Waals surface area contributed by atoms with Gasteiger partial charge >= 0.3 is 0 Å². The molecule has 2 atom stereocenters. The molecule has 0 bridgehead atoms. The first kappa shape index (κ1) is 16.2. The number of sulfonamides is 1. The lowest BCUT2D eigenvalue weighted by molar-refractivity contribution is 0.0585. The molecule has 2 saturated heterocycles. The van der Waals surface area contributed by atoms with Crippen LogP contribution in [0.25, 0.3) is 0 Å². The summed E-state index contributed by atoms with van der Waals surface area (Å²) in [6.45, 7) is 4.51. The van der Waals surface area contributed by atoms with E-state index in [-0.39, 0.29) is 11.8 Å². The van der Waals surface area contributed by atoms with Crippen LogP contribution in [0.15, 0.2) is 0 Å². The Kier molecular flexibility index (Phi) is 6.26. The van der Waals surface area contributed by atoms with Crippen LogP contribution in [-0.2, 0) is 14.8 Å². The van der Waals surface area contributed by atoms with Crippen molar-refractivity contribution in [2.75, 3.05) is 25.5 Å². The highest BCUT2D eigenvalue weighted by molar-refractivity contribution is 7.89. The average molecular weight is 304 g/mol. The molecule has 2 N–H and O–H groups in total. The van der Waals surface area contributed by atoms with Crippen molar-refractivity contribution in [2.45, 2.75) is 57.5 Å². The van der Waals surface area contributed by atoms with E-state index in [2.05, 4.69) is 10.0 Å². The van der Waals surface area contributed by atoms with E-state index in [4.69, 9.17) is 4.74 Å². The summed E-state index contributed by atoms with van der Waals surface area (Å²) in [5.41, 5.74) is 0. The van der Waals surface area contributed by atoms with Gasteiger partial charge in [-0.25, -0.2) is 13.1 Å². The summed E-state index contributed by atoms with van der Waals surface area (Å²) in [5, 5.41) is 3.40. The predicted octanol–water partition coefficient (Wildman–Crippen LogP) is 1.25. The summed E-state index contributed by atoms with van der Waals surface area (Å²) < 4.78 is 32.5. The molecule has 0 spiro atoms. The van der Waals surface area contributed by atoms with Gasteiger partial charge in [-0.1, -0.05) is 6.42 Å². The molecule has 0 aliphatic carbocycles. The first-order valence-corrected chi connectivity index (χ1v) is 9.53.